The topological polar surface area (TPSA) is 113 Å². The van der Waals surface area contributed by atoms with Crippen LogP contribution in [-0.4, -0.2) is 60.7 Å². The Morgan fingerprint density at radius 2 is 1.56 bits per heavy atom. The highest BCUT2D eigenvalue weighted by Crippen LogP contribution is 2.23. The van der Waals surface area contributed by atoms with Gasteiger partial charge in [0.2, 0.25) is 21.8 Å². The first kappa shape index (κ1) is 32.8. The van der Waals surface area contributed by atoms with Crippen LogP contribution in [-0.2, 0) is 26.2 Å². The molecule has 0 unspecified atom stereocenters. The van der Waals surface area contributed by atoms with Crippen molar-refractivity contribution in [1.29, 1.82) is 0 Å². The van der Waals surface area contributed by atoms with Crippen molar-refractivity contribution in [3.05, 3.63) is 46.1 Å². The summed E-state index contributed by atoms with van der Waals surface area (Å²) < 4.78 is 35.2. The van der Waals surface area contributed by atoms with Crippen molar-refractivity contribution in [3.8, 4) is 0 Å². The van der Waals surface area contributed by atoms with E-state index in [0.29, 0.717) is 37.1 Å². The van der Waals surface area contributed by atoms with Gasteiger partial charge in [0.05, 0.1) is 34.8 Å². The zero-order chi connectivity index (χ0) is 30.5. The van der Waals surface area contributed by atoms with Gasteiger partial charge in [-0.15, -0.1) is 11.3 Å². The van der Waals surface area contributed by atoms with Crippen LogP contribution in [0.4, 0.5) is 0 Å². The predicted octanol–water partition coefficient (Wildman–Crippen LogP) is 5.37. The van der Waals surface area contributed by atoms with Gasteiger partial charge in [-0.3, -0.25) is 9.59 Å². The molecule has 3 aromatic rings. The van der Waals surface area contributed by atoms with Crippen molar-refractivity contribution in [3.63, 3.8) is 0 Å². The molecule has 2 aromatic heterocycles. The molecule has 226 valence electrons. The Morgan fingerprint density at radius 1 is 0.951 bits per heavy atom. The number of fused-ring (bicyclic) bond motifs is 1. The van der Waals surface area contributed by atoms with Crippen LogP contribution in [0, 0.1) is 31.6 Å². The molecule has 2 amide bonds. The number of hydrogen-bond donors (Lipinski definition) is 1. The lowest BCUT2D eigenvalue weighted by Gasteiger charge is -2.32. The molecule has 1 atom stereocenters. The number of carbonyl (C=O) groups is 2. The monoisotopic (exact) mass is 604 g/mol. The fourth-order valence-corrected chi connectivity index (χ4v) is 6.97. The maximum atomic E-state index is 14.0. The van der Waals surface area contributed by atoms with Gasteiger partial charge in [-0.25, -0.2) is 13.4 Å². The fraction of sp³-hybridized carbons (Fsp3) is 0.567. The van der Waals surface area contributed by atoms with E-state index in [9.17, 15) is 18.0 Å². The van der Waals surface area contributed by atoms with Gasteiger partial charge < -0.3 is 14.2 Å². The number of amides is 2. The van der Waals surface area contributed by atoms with Gasteiger partial charge in [0, 0.05) is 29.9 Å². The molecule has 0 radical (unpaired) electrons. The molecule has 0 aliphatic heterocycles. The van der Waals surface area contributed by atoms with Crippen LogP contribution in [0.3, 0.4) is 0 Å². The van der Waals surface area contributed by atoms with Gasteiger partial charge in [0.1, 0.15) is 11.6 Å². The third-order valence-electron chi connectivity index (χ3n) is 6.46. The van der Waals surface area contributed by atoms with E-state index in [1.54, 1.807) is 33.3 Å². The van der Waals surface area contributed by atoms with E-state index in [0.717, 1.165) is 15.6 Å². The first-order valence-corrected chi connectivity index (χ1v) is 16.4. The van der Waals surface area contributed by atoms with E-state index in [-0.39, 0.29) is 35.0 Å². The van der Waals surface area contributed by atoms with E-state index in [4.69, 9.17) is 4.42 Å². The van der Waals surface area contributed by atoms with Crippen LogP contribution >= 0.6 is 11.3 Å². The lowest BCUT2D eigenvalue weighted by atomic mass is 10.1. The average molecular weight is 605 g/mol. The number of rotatable bonds is 14. The Morgan fingerprint density at radius 3 is 2.12 bits per heavy atom. The first-order chi connectivity index (χ1) is 19.2. The maximum absolute atomic E-state index is 14.0. The number of furan rings is 1. The van der Waals surface area contributed by atoms with Gasteiger partial charge >= 0.3 is 0 Å². The second-order valence-corrected chi connectivity index (χ2v) is 14.9. The van der Waals surface area contributed by atoms with E-state index in [1.165, 1.54) is 18.4 Å². The minimum absolute atomic E-state index is 0.00529. The molecular formula is C30H44N4O5S2. The lowest BCUT2D eigenvalue weighted by Crippen LogP contribution is -2.52. The normalized spacial score (nSPS) is 13.0. The molecule has 1 N–H and O–H groups in total. The fourth-order valence-electron chi connectivity index (χ4n) is 4.80. The number of carbonyl (C=O) groups excluding carboxylic acids is 2. The van der Waals surface area contributed by atoms with Gasteiger partial charge in [-0.2, -0.15) is 4.72 Å². The van der Waals surface area contributed by atoms with Crippen LogP contribution in [0.2, 0.25) is 0 Å². The zero-order valence-electron chi connectivity index (χ0n) is 25.4. The van der Waals surface area contributed by atoms with Gasteiger partial charge in [0.15, 0.2) is 0 Å². The number of nitrogens with one attached hydrogen (secondary N) is 1. The SMILES string of the molecule is Cc1nc(C)c(CN(CC(C)C)C(=O)C[C@H](NS(=O)(=O)c2ccc3occc3c2)C(=O)N(CC(C)C)CC(C)C)s1. The minimum Gasteiger partial charge on any atom is -0.464 e. The summed E-state index contributed by atoms with van der Waals surface area (Å²) in [6.07, 6.45) is 1.20. The highest BCUT2D eigenvalue weighted by Gasteiger charge is 2.33. The number of aryl methyl sites for hydroxylation is 2. The summed E-state index contributed by atoms with van der Waals surface area (Å²) in [5, 5.41) is 1.55. The molecular weight excluding hydrogens is 560 g/mol. The quantitative estimate of drug-likeness (QED) is 0.265. The highest BCUT2D eigenvalue weighted by molar-refractivity contribution is 7.89. The molecule has 3 rings (SSSR count). The minimum atomic E-state index is -4.14. The molecule has 2 heterocycles. The summed E-state index contributed by atoms with van der Waals surface area (Å²) in [6.45, 7) is 17.7. The second-order valence-electron chi connectivity index (χ2n) is 11.9. The average Bonchev–Trinajstić information content (AvgIpc) is 3.46. The molecule has 0 spiro atoms. The van der Waals surface area contributed by atoms with E-state index >= 15 is 0 Å². The summed E-state index contributed by atoms with van der Waals surface area (Å²) in [4.78, 5) is 36.7. The number of thiazole rings is 1. The summed E-state index contributed by atoms with van der Waals surface area (Å²) >= 11 is 1.54. The second kappa shape index (κ2) is 13.9. The summed E-state index contributed by atoms with van der Waals surface area (Å²) in [5.74, 6) is -0.167. The zero-order valence-corrected chi connectivity index (χ0v) is 27.1. The third kappa shape index (κ3) is 9.11. The number of hydrogen-bond acceptors (Lipinski definition) is 7. The summed E-state index contributed by atoms with van der Waals surface area (Å²) in [5.41, 5.74) is 1.43. The van der Waals surface area contributed by atoms with Crippen molar-refractivity contribution in [2.75, 3.05) is 19.6 Å². The molecule has 0 saturated carbocycles. The van der Waals surface area contributed by atoms with Gasteiger partial charge in [-0.05, 0) is 55.9 Å². The maximum Gasteiger partial charge on any atom is 0.241 e. The Hall–Kier alpha value is -2.76. The molecule has 1 aromatic carbocycles. The molecule has 0 bridgehead atoms. The van der Waals surface area contributed by atoms with Crippen molar-refractivity contribution < 1.29 is 22.4 Å². The lowest BCUT2D eigenvalue weighted by molar-refractivity contribution is -0.140. The summed E-state index contributed by atoms with van der Waals surface area (Å²) in [7, 11) is -4.14. The highest BCUT2D eigenvalue weighted by atomic mass is 32.2. The van der Waals surface area contributed by atoms with Crippen molar-refractivity contribution >= 4 is 44.1 Å². The van der Waals surface area contributed by atoms with Crippen molar-refractivity contribution in [2.45, 2.75) is 79.3 Å². The van der Waals surface area contributed by atoms with Gasteiger partial charge in [-0.1, -0.05) is 41.5 Å². The van der Waals surface area contributed by atoms with Crippen molar-refractivity contribution in [2.24, 2.45) is 17.8 Å². The predicted molar refractivity (Wildman–Crippen MR) is 163 cm³/mol. The van der Waals surface area contributed by atoms with E-state index < -0.39 is 22.0 Å². The largest absolute Gasteiger partial charge is 0.464 e. The first-order valence-electron chi connectivity index (χ1n) is 14.1. The molecule has 41 heavy (non-hydrogen) atoms. The van der Waals surface area contributed by atoms with Crippen LogP contribution < -0.4 is 4.72 Å². The molecule has 0 fully saturated rings. The third-order valence-corrected chi connectivity index (χ3v) is 8.99. The van der Waals surface area contributed by atoms with Crippen LogP contribution in [0.5, 0.6) is 0 Å². The van der Waals surface area contributed by atoms with E-state index in [2.05, 4.69) is 9.71 Å². The Balaban J connectivity index is 1.96. The smallest absolute Gasteiger partial charge is 0.241 e. The van der Waals surface area contributed by atoms with Crippen LogP contribution in [0.25, 0.3) is 11.0 Å². The molecule has 11 heteroatoms. The van der Waals surface area contributed by atoms with Crippen LogP contribution in [0.15, 0.2) is 39.8 Å². The standard InChI is InChI=1S/C30H44N4O5S2/c1-19(2)15-33(18-28-22(7)31-23(8)40-28)29(35)14-26(30(36)34(16-20(3)4)17-21(5)6)32-41(37,38)25-9-10-27-24(13-25)11-12-39-27/h9-13,19-21,26,32H,14-18H2,1-8H3/t26-/m0/s1. The van der Waals surface area contributed by atoms with Gasteiger partial charge in [0.25, 0.3) is 0 Å². The number of nitrogens with zero attached hydrogens (tertiary/aromatic N) is 3. The molecule has 0 aliphatic carbocycles. The number of sulfonamides is 1. The Kier molecular flexibility index (Phi) is 11.1. The molecule has 0 aliphatic rings. The van der Waals surface area contributed by atoms with Crippen molar-refractivity contribution in [1.82, 2.24) is 19.5 Å². The molecule has 9 nitrogen and oxygen atoms in total. The molecule has 0 saturated heterocycles. The Labute approximate surface area is 248 Å². The van der Waals surface area contributed by atoms with E-state index in [1.807, 2.05) is 55.4 Å². The van der Waals surface area contributed by atoms with Crippen LogP contribution in [0.1, 0.15) is 63.5 Å². The number of benzene rings is 1. The summed E-state index contributed by atoms with van der Waals surface area (Å²) in [6, 6.07) is 4.95. The Bertz CT molecular complexity index is 1430. The number of aromatic nitrogens is 1.